The molecule has 3 nitrogen and oxygen atoms in total. The van der Waals surface area contributed by atoms with Crippen LogP contribution in [0.3, 0.4) is 0 Å². The van der Waals surface area contributed by atoms with Crippen LogP contribution in [0.25, 0.3) is 0 Å². The Labute approximate surface area is 198 Å². The van der Waals surface area contributed by atoms with Crippen LogP contribution in [-0.2, 0) is 0 Å². The summed E-state index contributed by atoms with van der Waals surface area (Å²) in [7, 11) is 0. The van der Waals surface area contributed by atoms with Crippen molar-refractivity contribution in [1.29, 1.82) is 0 Å². The van der Waals surface area contributed by atoms with Gasteiger partial charge in [0.2, 0.25) is 0 Å². The number of benzene rings is 3. The first-order chi connectivity index (χ1) is 16.0. The molecule has 0 bridgehead atoms. The molecule has 1 fully saturated rings. The standard InChI is InChI=1S/C27H27ClF2N2O/c28-22-4-2-20(3-5-22)27(33)21-14-18-31(19-15-21)16-1-17-32(25-10-6-23(29)7-11-25)26-12-8-24(30)9-13-26/h2-13,21H,1,14-19H2. The van der Waals surface area contributed by atoms with Crippen LogP contribution in [0.15, 0.2) is 72.8 Å². The molecule has 6 heteroatoms. The van der Waals surface area contributed by atoms with Crippen molar-refractivity contribution in [3.63, 3.8) is 0 Å². The second kappa shape index (κ2) is 10.9. The summed E-state index contributed by atoms with van der Waals surface area (Å²) in [6, 6.07) is 19.9. The normalized spacial score (nSPS) is 14.9. The molecule has 3 aromatic carbocycles. The number of ketones is 1. The summed E-state index contributed by atoms with van der Waals surface area (Å²) in [5.41, 5.74) is 2.47. The largest absolute Gasteiger partial charge is 0.341 e. The number of carbonyl (C=O) groups is 1. The molecule has 0 spiro atoms. The van der Waals surface area contributed by atoms with Crippen LogP contribution in [0, 0.1) is 17.6 Å². The first-order valence-electron chi connectivity index (χ1n) is 11.3. The van der Waals surface area contributed by atoms with Crippen molar-refractivity contribution in [3.8, 4) is 0 Å². The lowest BCUT2D eigenvalue weighted by Gasteiger charge is -2.32. The molecule has 0 aromatic heterocycles. The number of hydrogen-bond donors (Lipinski definition) is 0. The zero-order chi connectivity index (χ0) is 23.2. The van der Waals surface area contributed by atoms with Crippen molar-refractivity contribution < 1.29 is 13.6 Å². The highest BCUT2D eigenvalue weighted by atomic mass is 35.5. The summed E-state index contributed by atoms with van der Waals surface area (Å²) in [6.07, 6.45) is 2.59. The van der Waals surface area contributed by atoms with E-state index in [1.807, 2.05) is 0 Å². The van der Waals surface area contributed by atoms with Gasteiger partial charge >= 0.3 is 0 Å². The fourth-order valence-corrected chi connectivity index (χ4v) is 4.50. The summed E-state index contributed by atoms with van der Waals surface area (Å²) in [6.45, 7) is 3.40. The van der Waals surface area contributed by atoms with E-state index in [4.69, 9.17) is 11.6 Å². The molecule has 33 heavy (non-hydrogen) atoms. The Morgan fingerprint density at radius 1 is 0.848 bits per heavy atom. The zero-order valence-electron chi connectivity index (χ0n) is 18.4. The highest BCUT2D eigenvalue weighted by Crippen LogP contribution is 2.27. The fourth-order valence-electron chi connectivity index (χ4n) is 4.37. The number of nitrogens with zero attached hydrogens (tertiary/aromatic N) is 2. The fraction of sp³-hybridized carbons (Fsp3) is 0.296. The average molecular weight is 469 g/mol. The number of rotatable bonds is 8. The third kappa shape index (κ3) is 6.18. The van der Waals surface area contributed by atoms with Gasteiger partial charge < -0.3 is 9.80 Å². The van der Waals surface area contributed by atoms with Gasteiger partial charge in [-0.3, -0.25) is 4.79 Å². The van der Waals surface area contributed by atoms with Crippen LogP contribution < -0.4 is 4.90 Å². The van der Waals surface area contributed by atoms with Gasteiger partial charge in [-0.25, -0.2) is 8.78 Å². The third-order valence-electron chi connectivity index (χ3n) is 6.22. The summed E-state index contributed by atoms with van der Waals surface area (Å²) >= 11 is 5.93. The van der Waals surface area contributed by atoms with Gasteiger partial charge in [0, 0.05) is 34.4 Å². The molecule has 3 aromatic rings. The predicted octanol–water partition coefficient (Wildman–Crippen LogP) is 6.74. The maximum atomic E-state index is 13.4. The maximum Gasteiger partial charge on any atom is 0.166 e. The monoisotopic (exact) mass is 468 g/mol. The first kappa shape index (κ1) is 23.4. The Bertz CT molecular complexity index is 1000. The number of anilines is 2. The second-order valence-corrected chi connectivity index (χ2v) is 8.88. The highest BCUT2D eigenvalue weighted by molar-refractivity contribution is 6.30. The minimum absolute atomic E-state index is 0.0531. The van der Waals surface area contributed by atoms with E-state index in [1.165, 1.54) is 24.3 Å². The molecule has 0 unspecified atom stereocenters. The van der Waals surface area contributed by atoms with Gasteiger partial charge in [0.05, 0.1) is 0 Å². The van der Waals surface area contributed by atoms with Crippen LogP contribution in [0.5, 0.6) is 0 Å². The van der Waals surface area contributed by atoms with Gasteiger partial charge in [-0.05, 0) is 112 Å². The zero-order valence-corrected chi connectivity index (χ0v) is 19.1. The predicted molar refractivity (Wildman–Crippen MR) is 129 cm³/mol. The Kier molecular flexibility index (Phi) is 7.73. The number of likely N-dealkylation sites (tertiary alicyclic amines) is 1. The minimum Gasteiger partial charge on any atom is -0.341 e. The number of Topliss-reactive ketones (excluding diaryl/α,β-unsaturated/α-hetero) is 1. The molecule has 0 N–H and O–H groups in total. The van der Waals surface area contributed by atoms with Gasteiger partial charge in [0.15, 0.2) is 5.78 Å². The molecular weight excluding hydrogens is 442 g/mol. The SMILES string of the molecule is O=C(c1ccc(Cl)cc1)C1CCN(CCCN(c2ccc(F)cc2)c2ccc(F)cc2)CC1. The molecule has 1 heterocycles. The number of piperidine rings is 1. The van der Waals surface area contributed by atoms with Gasteiger partial charge in [-0.1, -0.05) is 11.6 Å². The van der Waals surface area contributed by atoms with Crippen LogP contribution in [0.4, 0.5) is 20.2 Å². The van der Waals surface area contributed by atoms with Crippen LogP contribution in [-0.4, -0.2) is 36.9 Å². The Hall–Kier alpha value is -2.76. The number of hydrogen-bond acceptors (Lipinski definition) is 3. The Morgan fingerprint density at radius 3 is 1.88 bits per heavy atom. The highest BCUT2D eigenvalue weighted by Gasteiger charge is 2.25. The van der Waals surface area contributed by atoms with E-state index in [1.54, 1.807) is 48.5 Å². The Morgan fingerprint density at radius 2 is 1.36 bits per heavy atom. The van der Waals surface area contributed by atoms with Crippen molar-refractivity contribution in [3.05, 3.63) is 95.0 Å². The molecule has 0 saturated carbocycles. The van der Waals surface area contributed by atoms with Crippen LogP contribution >= 0.6 is 11.6 Å². The lowest BCUT2D eigenvalue weighted by Crippen LogP contribution is -2.37. The molecule has 1 saturated heterocycles. The molecule has 172 valence electrons. The third-order valence-corrected chi connectivity index (χ3v) is 6.47. The summed E-state index contributed by atoms with van der Waals surface area (Å²) < 4.78 is 26.8. The second-order valence-electron chi connectivity index (χ2n) is 8.45. The minimum atomic E-state index is -0.283. The van der Waals surface area contributed by atoms with E-state index in [-0.39, 0.29) is 23.3 Å². The van der Waals surface area contributed by atoms with Gasteiger partial charge in [0.1, 0.15) is 11.6 Å². The van der Waals surface area contributed by atoms with Crippen molar-refractivity contribution in [2.45, 2.75) is 19.3 Å². The maximum absolute atomic E-state index is 13.4. The van der Waals surface area contributed by atoms with E-state index >= 15 is 0 Å². The van der Waals surface area contributed by atoms with Crippen molar-refractivity contribution in [1.82, 2.24) is 4.90 Å². The molecule has 4 rings (SSSR count). The molecular formula is C27H27ClF2N2O. The Balaban J connectivity index is 1.31. The molecule has 1 aliphatic rings. The van der Waals surface area contributed by atoms with E-state index in [0.717, 1.165) is 62.4 Å². The summed E-state index contributed by atoms with van der Waals surface area (Å²) in [4.78, 5) is 17.2. The average Bonchev–Trinajstić information content (AvgIpc) is 2.84. The summed E-state index contributed by atoms with van der Waals surface area (Å²) in [5, 5.41) is 0.636. The number of carbonyl (C=O) groups excluding carboxylic acids is 1. The van der Waals surface area contributed by atoms with Gasteiger partial charge in [-0.2, -0.15) is 0 Å². The lowest BCUT2D eigenvalue weighted by atomic mass is 9.89. The van der Waals surface area contributed by atoms with Crippen LogP contribution in [0.1, 0.15) is 29.6 Å². The number of halogens is 3. The molecule has 0 radical (unpaired) electrons. The molecule has 0 amide bonds. The quantitative estimate of drug-likeness (QED) is 0.342. The summed E-state index contributed by atoms with van der Waals surface area (Å²) in [5.74, 6) is -0.315. The van der Waals surface area contributed by atoms with Crippen molar-refractivity contribution >= 4 is 28.8 Å². The van der Waals surface area contributed by atoms with Crippen molar-refractivity contribution in [2.24, 2.45) is 5.92 Å². The van der Waals surface area contributed by atoms with Gasteiger partial charge in [-0.15, -0.1) is 0 Å². The van der Waals surface area contributed by atoms with Gasteiger partial charge in [0.25, 0.3) is 0 Å². The van der Waals surface area contributed by atoms with E-state index in [9.17, 15) is 13.6 Å². The molecule has 0 aliphatic carbocycles. The van der Waals surface area contributed by atoms with E-state index < -0.39 is 0 Å². The topological polar surface area (TPSA) is 23.6 Å². The molecule has 1 aliphatic heterocycles. The van der Waals surface area contributed by atoms with E-state index in [2.05, 4.69) is 9.80 Å². The first-order valence-corrected chi connectivity index (χ1v) is 11.7. The van der Waals surface area contributed by atoms with E-state index in [0.29, 0.717) is 5.02 Å². The molecule has 0 atom stereocenters. The van der Waals surface area contributed by atoms with Crippen molar-refractivity contribution in [2.75, 3.05) is 31.1 Å². The lowest BCUT2D eigenvalue weighted by molar-refractivity contribution is 0.0840. The van der Waals surface area contributed by atoms with Crippen LogP contribution in [0.2, 0.25) is 5.02 Å². The smallest absolute Gasteiger partial charge is 0.166 e.